The molecule has 3 aromatic carbocycles. The number of halogens is 2. The predicted molar refractivity (Wildman–Crippen MR) is 137 cm³/mol. The van der Waals surface area contributed by atoms with Crippen LogP contribution in [0.15, 0.2) is 88.3 Å². The molecule has 0 radical (unpaired) electrons. The van der Waals surface area contributed by atoms with Crippen molar-refractivity contribution in [3.8, 4) is 0 Å². The first-order valence-corrected chi connectivity index (χ1v) is 12.1. The molecule has 3 aromatic rings. The lowest BCUT2D eigenvalue weighted by Gasteiger charge is -2.14. The number of nitrogens with one attached hydrogen (secondary N) is 2. The summed E-state index contributed by atoms with van der Waals surface area (Å²) in [5.41, 5.74) is 1.39. The van der Waals surface area contributed by atoms with Gasteiger partial charge in [0, 0.05) is 42.1 Å². The Morgan fingerprint density at radius 2 is 1.46 bits per heavy atom. The SMILES string of the molecule is COCCCN1C(=O)C(Nc2ccc(F)cc2)=C(Sc2ccc(NC(=O)c3ccc(F)cc3)cc2)C1=O. The third kappa shape index (κ3) is 6.41. The summed E-state index contributed by atoms with van der Waals surface area (Å²) in [6, 6.07) is 17.4. The van der Waals surface area contributed by atoms with E-state index < -0.39 is 29.4 Å². The average Bonchev–Trinajstić information content (AvgIpc) is 3.11. The molecule has 0 fully saturated rings. The number of thioether (sulfide) groups is 1. The number of imide groups is 1. The van der Waals surface area contributed by atoms with E-state index in [1.54, 1.807) is 31.4 Å². The van der Waals surface area contributed by atoms with Gasteiger partial charge in [-0.3, -0.25) is 19.3 Å². The second-order valence-corrected chi connectivity index (χ2v) is 9.12. The lowest BCUT2D eigenvalue weighted by atomic mass is 10.2. The fourth-order valence-electron chi connectivity index (χ4n) is 3.54. The number of hydrogen-bond acceptors (Lipinski definition) is 6. The first-order chi connectivity index (χ1) is 17.9. The van der Waals surface area contributed by atoms with E-state index >= 15 is 0 Å². The summed E-state index contributed by atoms with van der Waals surface area (Å²) in [6.07, 6.45) is 0.484. The third-order valence-electron chi connectivity index (χ3n) is 5.41. The first-order valence-electron chi connectivity index (χ1n) is 11.3. The average molecular weight is 524 g/mol. The normalized spacial score (nSPS) is 13.3. The Morgan fingerprint density at radius 1 is 0.865 bits per heavy atom. The molecule has 4 rings (SSSR count). The van der Waals surface area contributed by atoms with Gasteiger partial charge in [0.25, 0.3) is 17.7 Å². The minimum Gasteiger partial charge on any atom is -0.385 e. The van der Waals surface area contributed by atoms with Crippen LogP contribution in [-0.4, -0.2) is 42.9 Å². The number of amides is 3. The maximum atomic E-state index is 13.3. The van der Waals surface area contributed by atoms with Crippen LogP contribution >= 0.6 is 11.8 Å². The van der Waals surface area contributed by atoms with E-state index in [4.69, 9.17) is 4.74 Å². The summed E-state index contributed by atoms with van der Waals surface area (Å²) in [4.78, 5) is 40.7. The number of benzene rings is 3. The maximum Gasteiger partial charge on any atom is 0.278 e. The molecule has 190 valence electrons. The van der Waals surface area contributed by atoms with Crippen LogP contribution in [0.25, 0.3) is 0 Å². The number of carbonyl (C=O) groups is 3. The van der Waals surface area contributed by atoms with Crippen LogP contribution < -0.4 is 10.6 Å². The van der Waals surface area contributed by atoms with Gasteiger partial charge >= 0.3 is 0 Å². The standard InChI is InChI=1S/C27H23F2N3O4S/c1-36-16-2-15-32-26(34)23(30-20-9-7-19(29)8-10-20)24(27(32)35)37-22-13-11-21(12-14-22)31-25(33)17-3-5-18(28)6-4-17/h3-14,30H,2,15-16H2,1H3,(H,31,33). The van der Waals surface area contributed by atoms with Crippen LogP contribution in [0.5, 0.6) is 0 Å². The molecule has 7 nitrogen and oxygen atoms in total. The highest BCUT2D eigenvalue weighted by Crippen LogP contribution is 2.36. The molecule has 10 heteroatoms. The van der Waals surface area contributed by atoms with Crippen LogP contribution in [-0.2, 0) is 14.3 Å². The molecule has 0 atom stereocenters. The minimum absolute atomic E-state index is 0.104. The Morgan fingerprint density at radius 3 is 2.08 bits per heavy atom. The molecular formula is C27H23F2N3O4S. The van der Waals surface area contributed by atoms with Gasteiger partial charge in [-0.05, 0) is 79.2 Å². The summed E-state index contributed by atoms with van der Waals surface area (Å²) in [6.45, 7) is 0.587. The zero-order chi connectivity index (χ0) is 26.4. The van der Waals surface area contributed by atoms with Crippen LogP contribution in [0, 0.1) is 11.6 Å². The van der Waals surface area contributed by atoms with Gasteiger partial charge in [0.2, 0.25) is 0 Å². The smallest absolute Gasteiger partial charge is 0.278 e. The molecule has 1 aliphatic heterocycles. The highest BCUT2D eigenvalue weighted by atomic mass is 32.2. The Balaban J connectivity index is 1.52. The fraction of sp³-hybridized carbons (Fsp3) is 0.148. The van der Waals surface area contributed by atoms with Crippen molar-refractivity contribution < 1.29 is 27.9 Å². The van der Waals surface area contributed by atoms with E-state index in [0.29, 0.717) is 34.9 Å². The zero-order valence-corrected chi connectivity index (χ0v) is 20.6. The van der Waals surface area contributed by atoms with E-state index in [-0.39, 0.29) is 17.1 Å². The largest absolute Gasteiger partial charge is 0.385 e. The number of methoxy groups -OCH3 is 1. The Hall–Kier alpha value is -4.02. The van der Waals surface area contributed by atoms with Crippen molar-refractivity contribution in [2.75, 3.05) is 30.9 Å². The topological polar surface area (TPSA) is 87.7 Å². The molecule has 0 aliphatic carbocycles. The van der Waals surface area contributed by atoms with Crippen LogP contribution in [0.2, 0.25) is 0 Å². The molecule has 0 aromatic heterocycles. The number of anilines is 2. The summed E-state index contributed by atoms with van der Waals surface area (Å²) in [5.74, 6) is -2.16. The van der Waals surface area contributed by atoms with Gasteiger partial charge in [0.1, 0.15) is 22.2 Å². The van der Waals surface area contributed by atoms with Crippen molar-refractivity contribution >= 4 is 40.9 Å². The van der Waals surface area contributed by atoms with Gasteiger partial charge < -0.3 is 15.4 Å². The Bertz CT molecular complexity index is 1330. The third-order valence-corrected chi connectivity index (χ3v) is 6.50. The van der Waals surface area contributed by atoms with Crippen molar-refractivity contribution in [1.82, 2.24) is 4.90 Å². The summed E-state index contributed by atoms with van der Waals surface area (Å²) in [7, 11) is 1.54. The number of rotatable bonds is 10. The van der Waals surface area contributed by atoms with Gasteiger partial charge in [-0.1, -0.05) is 11.8 Å². The van der Waals surface area contributed by atoms with Crippen molar-refractivity contribution in [2.24, 2.45) is 0 Å². The number of nitrogens with zero attached hydrogens (tertiary/aromatic N) is 1. The summed E-state index contributed by atoms with van der Waals surface area (Å²) >= 11 is 1.11. The minimum atomic E-state index is -0.476. The number of carbonyl (C=O) groups excluding carboxylic acids is 3. The van der Waals surface area contributed by atoms with E-state index in [1.807, 2.05) is 0 Å². The maximum absolute atomic E-state index is 13.3. The molecule has 1 heterocycles. The van der Waals surface area contributed by atoms with Crippen LogP contribution in [0.1, 0.15) is 16.8 Å². The van der Waals surface area contributed by atoms with Crippen molar-refractivity contribution in [3.63, 3.8) is 0 Å². The number of ether oxygens (including phenoxy) is 1. The fourth-order valence-corrected chi connectivity index (χ4v) is 4.48. The second kappa shape index (κ2) is 11.8. The van der Waals surface area contributed by atoms with E-state index in [2.05, 4.69) is 10.6 Å². The quantitative estimate of drug-likeness (QED) is 0.286. The van der Waals surface area contributed by atoms with Gasteiger partial charge in [-0.2, -0.15) is 0 Å². The van der Waals surface area contributed by atoms with Gasteiger partial charge in [-0.15, -0.1) is 0 Å². The van der Waals surface area contributed by atoms with Crippen LogP contribution in [0.4, 0.5) is 20.2 Å². The lowest BCUT2D eigenvalue weighted by Crippen LogP contribution is -2.33. The molecule has 0 unspecified atom stereocenters. The molecule has 2 N–H and O–H groups in total. The summed E-state index contributed by atoms with van der Waals surface area (Å²) in [5, 5.41) is 5.69. The van der Waals surface area contributed by atoms with Gasteiger partial charge in [-0.25, -0.2) is 8.78 Å². The Labute approximate surface area is 216 Å². The van der Waals surface area contributed by atoms with E-state index in [0.717, 1.165) is 16.7 Å². The molecule has 3 amide bonds. The second-order valence-electron chi connectivity index (χ2n) is 8.03. The molecule has 0 saturated heterocycles. The van der Waals surface area contributed by atoms with Crippen LogP contribution in [0.3, 0.4) is 0 Å². The molecule has 1 aliphatic rings. The summed E-state index contributed by atoms with van der Waals surface area (Å²) < 4.78 is 31.5. The van der Waals surface area contributed by atoms with Crippen molar-refractivity contribution in [2.45, 2.75) is 11.3 Å². The molecule has 0 saturated carbocycles. The molecule has 0 bridgehead atoms. The van der Waals surface area contributed by atoms with E-state index in [9.17, 15) is 23.2 Å². The monoisotopic (exact) mass is 523 g/mol. The Kier molecular flexibility index (Phi) is 8.32. The molecular weight excluding hydrogens is 500 g/mol. The zero-order valence-electron chi connectivity index (χ0n) is 19.8. The van der Waals surface area contributed by atoms with Gasteiger partial charge in [0.15, 0.2) is 0 Å². The van der Waals surface area contributed by atoms with Gasteiger partial charge in [0.05, 0.1) is 0 Å². The molecule has 0 spiro atoms. The van der Waals surface area contributed by atoms with E-state index in [1.165, 1.54) is 48.5 Å². The van der Waals surface area contributed by atoms with Crippen molar-refractivity contribution in [1.29, 1.82) is 0 Å². The highest BCUT2D eigenvalue weighted by Gasteiger charge is 2.38. The van der Waals surface area contributed by atoms with Crippen molar-refractivity contribution in [3.05, 3.63) is 101 Å². The molecule has 37 heavy (non-hydrogen) atoms. The predicted octanol–water partition coefficient (Wildman–Crippen LogP) is 5.04. The first kappa shape index (κ1) is 26.1. The number of hydrogen-bond donors (Lipinski definition) is 2. The highest BCUT2D eigenvalue weighted by molar-refractivity contribution is 8.04. The lowest BCUT2D eigenvalue weighted by molar-refractivity contribution is -0.137.